The molecule has 126 valence electrons. The number of carbonyl (C=O) groups excluding carboxylic acids is 1. The largest absolute Gasteiger partial charge is 0.465 e. The van der Waals surface area contributed by atoms with Crippen molar-refractivity contribution in [1.82, 2.24) is 4.31 Å². The van der Waals surface area contributed by atoms with E-state index in [2.05, 4.69) is 10.7 Å². The first kappa shape index (κ1) is 17.9. The molecule has 0 atom stereocenters. The topological polar surface area (TPSA) is 72.9 Å². The third-order valence-corrected chi connectivity index (χ3v) is 6.69. The summed E-state index contributed by atoms with van der Waals surface area (Å²) in [6.45, 7) is 1.63. The SMILES string of the molecule is C#CCOCC1CCN(S(=O)(=O)c2ccsc2C(=O)OC)CC1. The Balaban J connectivity index is 2.04. The van der Waals surface area contributed by atoms with Gasteiger partial charge in [-0.15, -0.1) is 17.8 Å². The Morgan fingerprint density at radius 1 is 1.48 bits per heavy atom. The zero-order chi connectivity index (χ0) is 16.9. The molecule has 0 radical (unpaired) electrons. The molecule has 0 bridgehead atoms. The van der Waals surface area contributed by atoms with Gasteiger partial charge in [-0.2, -0.15) is 4.31 Å². The van der Waals surface area contributed by atoms with Gasteiger partial charge in [-0.25, -0.2) is 13.2 Å². The second-order valence-electron chi connectivity index (χ2n) is 5.17. The van der Waals surface area contributed by atoms with Crippen molar-refractivity contribution in [2.45, 2.75) is 17.7 Å². The Kier molecular flexibility index (Phi) is 6.18. The number of piperidine rings is 1. The molecule has 2 heterocycles. The van der Waals surface area contributed by atoms with Crippen molar-refractivity contribution in [2.75, 3.05) is 33.4 Å². The number of methoxy groups -OCH3 is 1. The third-order valence-electron chi connectivity index (χ3n) is 3.73. The van der Waals surface area contributed by atoms with Crippen LogP contribution < -0.4 is 0 Å². The van der Waals surface area contributed by atoms with Crippen molar-refractivity contribution in [3.05, 3.63) is 16.3 Å². The summed E-state index contributed by atoms with van der Waals surface area (Å²) in [5.74, 6) is 2.08. The summed E-state index contributed by atoms with van der Waals surface area (Å²) in [5, 5.41) is 1.58. The molecule has 0 N–H and O–H groups in total. The highest BCUT2D eigenvalue weighted by Gasteiger charge is 2.33. The summed E-state index contributed by atoms with van der Waals surface area (Å²) in [6.07, 6.45) is 6.55. The highest BCUT2D eigenvalue weighted by molar-refractivity contribution is 7.89. The molecule has 0 unspecified atom stereocenters. The van der Waals surface area contributed by atoms with Gasteiger partial charge >= 0.3 is 5.97 Å². The number of thiophene rings is 1. The highest BCUT2D eigenvalue weighted by atomic mass is 32.2. The van der Waals surface area contributed by atoms with Crippen molar-refractivity contribution in [2.24, 2.45) is 5.92 Å². The van der Waals surface area contributed by atoms with Crippen LogP contribution in [-0.2, 0) is 19.5 Å². The summed E-state index contributed by atoms with van der Waals surface area (Å²) in [4.78, 5) is 11.8. The fourth-order valence-electron chi connectivity index (χ4n) is 2.48. The molecule has 23 heavy (non-hydrogen) atoms. The van der Waals surface area contributed by atoms with E-state index in [9.17, 15) is 13.2 Å². The maximum absolute atomic E-state index is 12.7. The molecule has 0 aliphatic carbocycles. The highest BCUT2D eigenvalue weighted by Crippen LogP contribution is 2.29. The molecule has 0 spiro atoms. The van der Waals surface area contributed by atoms with E-state index in [-0.39, 0.29) is 16.4 Å². The normalized spacial score (nSPS) is 16.9. The number of nitrogens with zero attached hydrogens (tertiary/aromatic N) is 1. The lowest BCUT2D eigenvalue weighted by Gasteiger charge is -2.30. The molecule has 1 saturated heterocycles. The van der Waals surface area contributed by atoms with Gasteiger partial charge in [0.15, 0.2) is 0 Å². The van der Waals surface area contributed by atoms with Gasteiger partial charge in [0, 0.05) is 13.1 Å². The van der Waals surface area contributed by atoms with Crippen LogP contribution in [-0.4, -0.2) is 52.1 Å². The van der Waals surface area contributed by atoms with Gasteiger partial charge in [0.05, 0.1) is 13.7 Å². The summed E-state index contributed by atoms with van der Waals surface area (Å²) in [7, 11) is -2.45. The minimum atomic E-state index is -3.68. The van der Waals surface area contributed by atoms with Crippen LogP contribution in [0.15, 0.2) is 16.3 Å². The number of ether oxygens (including phenoxy) is 2. The van der Waals surface area contributed by atoms with Gasteiger partial charge in [-0.3, -0.25) is 0 Å². The molecular formula is C15H19NO5S2. The number of carbonyl (C=O) groups is 1. The molecule has 1 aromatic heterocycles. The van der Waals surface area contributed by atoms with Crippen LogP contribution >= 0.6 is 11.3 Å². The lowest BCUT2D eigenvalue weighted by atomic mass is 9.99. The van der Waals surface area contributed by atoms with E-state index in [1.807, 2.05) is 0 Å². The summed E-state index contributed by atoms with van der Waals surface area (Å²) in [5.41, 5.74) is 0. The van der Waals surface area contributed by atoms with Crippen LogP contribution in [0.3, 0.4) is 0 Å². The van der Waals surface area contributed by atoms with Crippen molar-refractivity contribution in [3.63, 3.8) is 0 Å². The van der Waals surface area contributed by atoms with E-state index in [0.29, 0.717) is 38.5 Å². The van der Waals surface area contributed by atoms with Crippen molar-refractivity contribution in [1.29, 1.82) is 0 Å². The van der Waals surface area contributed by atoms with E-state index in [0.717, 1.165) is 11.3 Å². The lowest BCUT2D eigenvalue weighted by molar-refractivity contribution is 0.0602. The van der Waals surface area contributed by atoms with Gasteiger partial charge in [-0.1, -0.05) is 5.92 Å². The van der Waals surface area contributed by atoms with Crippen molar-refractivity contribution in [3.8, 4) is 12.3 Å². The summed E-state index contributed by atoms with van der Waals surface area (Å²) >= 11 is 1.07. The minimum Gasteiger partial charge on any atom is -0.465 e. The predicted octanol–water partition coefficient (Wildman–Crippen LogP) is 1.59. The average Bonchev–Trinajstić information content (AvgIpc) is 3.05. The average molecular weight is 357 g/mol. The Hall–Kier alpha value is -1.40. The first-order chi connectivity index (χ1) is 11.0. The molecule has 1 aliphatic rings. The Bertz CT molecular complexity index is 681. The van der Waals surface area contributed by atoms with Crippen LogP contribution in [0.4, 0.5) is 0 Å². The van der Waals surface area contributed by atoms with Gasteiger partial charge in [-0.05, 0) is 30.2 Å². The van der Waals surface area contributed by atoms with Gasteiger partial charge in [0.25, 0.3) is 0 Å². The molecule has 0 saturated carbocycles. The summed E-state index contributed by atoms with van der Waals surface area (Å²) < 4.78 is 36.8. The maximum Gasteiger partial charge on any atom is 0.349 e. The first-order valence-electron chi connectivity index (χ1n) is 7.18. The number of hydrogen-bond acceptors (Lipinski definition) is 6. The van der Waals surface area contributed by atoms with E-state index < -0.39 is 16.0 Å². The first-order valence-corrected chi connectivity index (χ1v) is 9.49. The van der Waals surface area contributed by atoms with Crippen LogP contribution in [0.25, 0.3) is 0 Å². The zero-order valence-electron chi connectivity index (χ0n) is 12.9. The molecular weight excluding hydrogens is 338 g/mol. The molecule has 0 aromatic carbocycles. The number of terminal acetylenes is 1. The maximum atomic E-state index is 12.7. The lowest BCUT2D eigenvalue weighted by Crippen LogP contribution is -2.39. The molecule has 1 aromatic rings. The van der Waals surface area contributed by atoms with Crippen molar-refractivity contribution >= 4 is 27.3 Å². The Morgan fingerprint density at radius 3 is 2.78 bits per heavy atom. The quantitative estimate of drug-likeness (QED) is 0.439. The van der Waals surface area contributed by atoms with Crippen LogP contribution in [0.5, 0.6) is 0 Å². The number of esters is 1. The van der Waals surface area contributed by atoms with Crippen LogP contribution in [0.2, 0.25) is 0 Å². The smallest absolute Gasteiger partial charge is 0.349 e. The molecule has 0 amide bonds. The Morgan fingerprint density at radius 2 is 2.17 bits per heavy atom. The summed E-state index contributed by atoms with van der Waals surface area (Å²) in [6, 6.07) is 1.45. The molecule has 1 aliphatic heterocycles. The third kappa shape index (κ3) is 4.12. The zero-order valence-corrected chi connectivity index (χ0v) is 14.5. The molecule has 8 heteroatoms. The molecule has 1 fully saturated rings. The van der Waals surface area contributed by atoms with E-state index in [4.69, 9.17) is 11.2 Å². The molecule has 2 rings (SSSR count). The van der Waals surface area contributed by atoms with Crippen LogP contribution in [0.1, 0.15) is 22.5 Å². The fraction of sp³-hybridized carbons (Fsp3) is 0.533. The predicted molar refractivity (Wildman–Crippen MR) is 86.8 cm³/mol. The number of sulfonamides is 1. The number of rotatable bonds is 6. The fourth-order valence-corrected chi connectivity index (χ4v) is 5.26. The minimum absolute atomic E-state index is 0.0244. The molecule has 6 nitrogen and oxygen atoms in total. The number of hydrogen-bond donors (Lipinski definition) is 0. The monoisotopic (exact) mass is 357 g/mol. The van der Waals surface area contributed by atoms with Gasteiger partial charge in [0.1, 0.15) is 16.4 Å². The van der Waals surface area contributed by atoms with Gasteiger partial charge < -0.3 is 9.47 Å². The second-order valence-corrected chi connectivity index (χ2v) is 7.99. The van der Waals surface area contributed by atoms with Crippen LogP contribution in [0, 0.1) is 18.3 Å². The van der Waals surface area contributed by atoms with E-state index in [1.165, 1.54) is 17.5 Å². The van der Waals surface area contributed by atoms with E-state index >= 15 is 0 Å². The standard InChI is InChI=1S/C15H19NO5S2/c1-3-9-21-11-12-4-7-16(8-5-12)23(18,19)13-6-10-22-14(13)15(17)20-2/h1,6,10,12H,4-5,7-9,11H2,2H3. The van der Waals surface area contributed by atoms with E-state index in [1.54, 1.807) is 5.38 Å². The Labute approximate surface area is 140 Å². The second kappa shape index (κ2) is 7.93. The van der Waals surface area contributed by atoms with Crippen molar-refractivity contribution < 1.29 is 22.7 Å². The van der Waals surface area contributed by atoms with Gasteiger partial charge in [0.2, 0.25) is 10.0 Å².